The van der Waals surface area contributed by atoms with Crippen LogP contribution in [0.5, 0.6) is 0 Å². The summed E-state index contributed by atoms with van der Waals surface area (Å²) in [6.45, 7) is 3.95. The first-order chi connectivity index (χ1) is 9.41. The zero-order valence-corrected chi connectivity index (χ0v) is 12.7. The molecule has 3 unspecified atom stereocenters. The van der Waals surface area contributed by atoms with Gasteiger partial charge in [-0.1, -0.05) is 19.8 Å². The molecule has 2 rings (SSSR count). The van der Waals surface area contributed by atoms with Crippen molar-refractivity contribution in [3.63, 3.8) is 0 Å². The Kier molecular flexibility index (Phi) is 5.07. The Morgan fingerprint density at radius 1 is 1.40 bits per heavy atom. The predicted octanol–water partition coefficient (Wildman–Crippen LogP) is 4.48. The van der Waals surface area contributed by atoms with E-state index in [2.05, 4.69) is 17.2 Å². The van der Waals surface area contributed by atoms with Crippen LogP contribution in [0, 0.1) is 5.92 Å². The Hall–Kier alpha value is -0.620. The van der Waals surface area contributed by atoms with Gasteiger partial charge in [0.1, 0.15) is 5.01 Å². The number of thiazole rings is 1. The zero-order chi connectivity index (χ0) is 14.8. The minimum atomic E-state index is -4.10. The van der Waals surface area contributed by atoms with Crippen LogP contribution in [-0.4, -0.2) is 17.2 Å². The SMILES string of the molecule is CCc1cnc(C(C)NC2CCCCC2C(F)(F)F)s1. The largest absolute Gasteiger partial charge is 0.393 e. The van der Waals surface area contributed by atoms with Crippen molar-refractivity contribution in [3.05, 3.63) is 16.1 Å². The third kappa shape index (κ3) is 3.73. The molecule has 1 aliphatic carbocycles. The van der Waals surface area contributed by atoms with Gasteiger partial charge in [-0.25, -0.2) is 4.98 Å². The number of alkyl halides is 3. The molecule has 1 aromatic rings. The maximum absolute atomic E-state index is 13.0. The van der Waals surface area contributed by atoms with Gasteiger partial charge >= 0.3 is 6.18 Å². The van der Waals surface area contributed by atoms with Crippen LogP contribution in [-0.2, 0) is 6.42 Å². The van der Waals surface area contributed by atoms with Crippen molar-refractivity contribution < 1.29 is 13.2 Å². The van der Waals surface area contributed by atoms with E-state index in [-0.39, 0.29) is 12.5 Å². The highest BCUT2D eigenvalue weighted by atomic mass is 32.1. The summed E-state index contributed by atoms with van der Waals surface area (Å²) in [4.78, 5) is 5.49. The van der Waals surface area contributed by atoms with E-state index in [1.807, 2.05) is 13.1 Å². The molecule has 0 bridgehead atoms. The van der Waals surface area contributed by atoms with Gasteiger partial charge in [-0.3, -0.25) is 0 Å². The van der Waals surface area contributed by atoms with Crippen molar-refractivity contribution in [2.45, 2.75) is 64.2 Å². The van der Waals surface area contributed by atoms with Crippen LogP contribution in [0.4, 0.5) is 13.2 Å². The number of nitrogens with one attached hydrogen (secondary N) is 1. The van der Waals surface area contributed by atoms with Crippen LogP contribution in [0.1, 0.15) is 55.5 Å². The van der Waals surface area contributed by atoms with Crippen molar-refractivity contribution in [1.29, 1.82) is 0 Å². The monoisotopic (exact) mass is 306 g/mol. The summed E-state index contributed by atoms with van der Waals surface area (Å²) in [5, 5.41) is 4.04. The fraction of sp³-hybridized carbons (Fsp3) is 0.786. The summed E-state index contributed by atoms with van der Waals surface area (Å²) in [5.74, 6) is -1.22. The summed E-state index contributed by atoms with van der Waals surface area (Å²) in [6, 6.07) is -0.596. The Balaban J connectivity index is 2.02. The van der Waals surface area contributed by atoms with Gasteiger partial charge < -0.3 is 5.32 Å². The fourth-order valence-electron chi connectivity index (χ4n) is 2.80. The highest BCUT2D eigenvalue weighted by Crippen LogP contribution is 2.38. The van der Waals surface area contributed by atoms with Gasteiger partial charge in [0.25, 0.3) is 0 Å². The van der Waals surface area contributed by atoms with E-state index in [0.29, 0.717) is 12.8 Å². The van der Waals surface area contributed by atoms with Crippen LogP contribution < -0.4 is 5.32 Å². The topological polar surface area (TPSA) is 24.9 Å². The van der Waals surface area contributed by atoms with Crippen LogP contribution in [0.15, 0.2) is 6.20 Å². The van der Waals surface area contributed by atoms with Gasteiger partial charge in [-0.2, -0.15) is 13.2 Å². The molecule has 0 aromatic carbocycles. The maximum Gasteiger partial charge on any atom is 0.393 e. The molecular formula is C14H21F3N2S. The Morgan fingerprint density at radius 2 is 2.10 bits per heavy atom. The maximum atomic E-state index is 13.0. The van der Waals surface area contributed by atoms with Crippen molar-refractivity contribution in [1.82, 2.24) is 10.3 Å². The molecule has 1 N–H and O–H groups in total. The molecule has 1 aromatic heterocycles. The van der Waals surface area contributed by atoms with Crippen LogP contribution >= 0.6 is 11.3 Å². The molecule has 20 heavy (non-hydrogen) atoms. The van der Waals surface area contributed by atoms with Gasteiger partial charge in [-0.05, 0) is 26.2 Å². The Morgan fingerprint density at radius 3 is 2.70 bits per heavy atom. The van der Waals surface area contributed by atoms with Gasteiger partial charge in [0, 0.05) is 17.1 Å². The predicted molar refractivity (Wildman–Crippen MR) is 74.8 cm³/mol. The van der Waals surface area contributed by atoms with Gasteiger partial charge in [0.05, 0.1) is 12.0 Å². The molecule has 0 aliphatic heterocycles. The third-order valence-corrected chi connectivity index (χ3v) is 5.27. The van der Waals surface area contributed by atoms with E-state index in [0.717, 1.165) is 17.8 Å². The van der Waals surface area contributed by atoms with Crippen LogP contribution in [0.2, 0.25) is 0 Å². The number of hydrogen-bond donors (Lipinski definition) is 1. The van der Waals surface area contributed by atoms with Crippen molar-refractivity contribution in [3.8, 4) is 0 Å². The van der Waals surface area contributed by atoms with E-state index in [1.54, 1.807) is 11.3 Å². The Bertz CT molecular complexity index is 430. The second-order valence-corrected chi connectivity index (χ2v) is 6.59. The molecule has 0 spiro atoms. The molecule has 1 heterocycles. The molecule has 0 radical (unpaired) electrons. The lowest BCUT2D eigenvalue weighted by Crippen LogP contribution is -2.46. The van der Waals surface area contributed by atoms with Gasteiger partial charge in [0.2, 0.25) is 0 Å². The second-order valence-electron chi connectivity index (χ2n) is 5.45. The van der Waals surface area contributed by atoms with E-state index in [1.165, 1.54) is 4.88 Å². The first kappa shape index (κ1) is 15.8. The number of aryl methyl sites for hydroxylation is 1. The normalized spacial score (nSPS) is 25.6. The quantitative estimate of drug-likeness (QED) is 0.887. The second kappa shape index (κ2) is 6.43. The standard InChI is InChI=1S/C14H21F3N2S/c1-3-10-8-18-13(20-10)9(2)19-12-7-5-4-6-11(12)14(15,16)17/h8-9,11-12,19H,3-7H2,1-2H3. The Labute approximate surface area is 121 Å². The molecule has 1 aliphatic rings. The van der Waals surface area contributed by atoms with Gasteiger partial charge in [-0.15, -0.1) is 11.3 Å². The van der Waals surface area contributed by atoms with Crippen LogP contribution in [0.25, 0.3) is 0 Å². The smallest absolute Gasteiger partial charge is 0.305 e. The van der Waals surface area contributed by atoms with Crippen molar-refractivity contribution in [2.75, 3.05) is 0 Å². The molecule has 2 nitrogen and oxygen atoms in total. The van der Waals surface area contributed by atoms with Crippen LogP contribution in [0.3, 0.4) is 0 Å². The summed E-state index contributed by atoms with van der Waals surface area (Å²) < 4.78 is 39.1. The lowest BCUT2D eigenvalue weighted by molar-refractivity contribution is -0.189. The minimum absolute atomic E-state index is 0.117. The van der Waals surface area contributed by atoms with E-state index < -0.39 is 18.1 Å². The molecule has 1 fully saturated rings. The number of hydrogen-bond acceptors (Lipinski definition) is 3. The summed E-state index contributed by atoms with van der Waals surface area (Å²) >= 11 is 1.58. The molecule has 114 valence electrons. The average molecular weight is 306 g/mol. The first-order valence-electron chi connectivity index (χ1n) is 7.19. The van der Waals surface area contributed by atoms with E-state index in [9.17, 15) is 13.2 Å². The minimum Gasteiger partial charge on any atom is -0.305 e. The summed E-state index contributed by atoms with van der Waals surface area (Å²) in [6.07, 6.45) is 1.02. The molecule has 0 saturated heterocycles. The number of halogens is 3. The fourth-order valence-corrected chi connectivity index (χ4v) is 3.67. The number of nitrogens with zero attached hydrogens (tertiary/aromatic N) is 1. The molecule has 0 amide bonds. The first-order valence-corrected chi connectivity index (χ1v) is 8.00. The highest BCUT2D eigenvalue weighted by Gasteiger charge is 2.45. The number of rotatable bonds is 4. The lowest BCUT2D eigenvalue weighted by atomic mass is 9.83. The van der Waals surface area contributed by atoms with E-state index in [4.69, 9.17) is 0 Å². The highest BCUT2D eigenvalue weighted by molar-refractivity contribution is 7.11. The third-order valence-electron chi connectivity index (χ3n) is 3.94. The van der Waals surface area contributed by atoms with Gasteiger partial charge in [0.15, 0.2) is 0 Å². The molecule has 1 saturated carbocycles. The summed E-state index contributed by atoms with van der Waals surface area (Å²) in [7, 11) is 0. The van der Waals surface area contributed by atoms with Crippen molar-refractivity contribution >= 4 is 11.3 Å². The van der Waals surface area contributed by atoms with Crippen molar-refractivity contribution in [2.24, 2.45) is 5.92 Å². The zero-order valence-electron chi connectivity index (χ0n) is 11.8. The average Bonchev–Trinajstić information content (AvgIpc) is 2.87. The van der Waals surface area contributed by atoms with E-state index >= 15 is 0 Å². The number of aromatic nitrogens is 1. The lowest BCUT2D eigenvalue weighted by Gasteiger charge is -2.35. The molecular weight excluding hydrogens is 285 g/mol. The molecule has 3 atom stereocenters. The summed E-state index contributed by atoms with van der Waals surface area (Å²) in [5.41, 5.74) is 0. The molecule has 6 heteroatoms.